The van der Waals surface area contributed by atoms with Gasteiger partial charge in [-0.15, -0.1) is 11.6 Å². The van der Waals surface area contributed by atoms with Crippen LogP contribution >= 0.6 is 11.6 Å². The van der Waals surface area contributed by atoms with Crippen LogP contribution in [-0.4, -0.2) is 22.4 Å². The van der Waals surface area contributed by atoms with E-state index < -0.39 is 0 Å². The molecular weight excluding hydrogens is 270 g/mol. The molecule has 0 atom stereocenters. The van der Waals surface area contributed by atoms with Gasteiger partial charge in [-0.05, 0) is 17.7 Å². The van der Waals surface area contributed by atoms with Crippen molar-refractivity contribution in [3.05, 3.63) is 60.2 Å². The molecule has 0 fully saturated rings. The number of aromatic nitrogens is 2. The number of aromatic amines is 1. The molecule has 0 aliphatic heterocycles. The lowest BCUT2D eigenvalue weighted by Crippen LogP contribution is -2.25. The van der Waals surface area contributed by atoms with Crippen LogP contribution in [-0.2, 0) is 6.54 Å². The minimum Gasteiger partial charge on any atom is -0.337 e. The lowest BCUT2D eigenvalue weighted by atomic mass is 10.2. The minimum absolute atomic E-state index is 0.573. The van der Waals surface area contributed by atoms with Crippen LogP contribution in [0, 0.1) is 0 Å². The van der Waals surface area contributed by atoms with Gasteiger partial charge in [-0.1, -0.05) is 42.5 Å². The highest BCUT2D eigenvalue weighted by Crippen LogP contribution is 2.19. The first kappa shape index (κ1) is 13.0. The first-order valence-corrected chi connectivity index (χ1v) is 7.20. The number of anilines is 1. The van der Waals surface area contributed by atoms with E-state index in [4.69, 9.17) is 11.6 Å². The van der Waals surface area contributed by atoms with Crippen molar-refractivity contribution in [3.63, 3.8) is 0 Å². The highest BCUT2D eigenvalue weighted by atomic mass is 35.5. The third kappa shape index (κ3) is 2.78. The smallest absolute Gasteiger partial charge is 0.204 e. The second-order valence-corrected chi connectivity index (χ2v) is 5.05. The van der Waals surface area contributed by atoms with Crippen molar-refractivity contribution in [1.82, 2.24) is 9.97 Å². The summed E-state index contributed by atoms with van der Waals surface area (Å²) in [5.41, 5.74) is 3.28. The molecule has 0 amide bonds. The normalized spacial score (nSPS) is 10.8. The van der Waals surface area contributed by atoms with E-state index in [1.54, 1.807) is 0 Å². The SMILES string of the molecule is ClCCN(Cc1ccccc1)c1nc2ccccc2[nH]1. The highest BCUT2D eigenvalue weighted by molar-refractivity contribution is 6.18. The predicted molar refractivity (Wildman–Crippen MR) is 84.3 cm³/mol. The lowest BCUT2D eigenvalue weighted by molar-refractivity contribution is 0.806. The number of nitrogens with zero attached hydrogens (tertiary/aromatic N) is 2. The fourth-order valence-electron chi connectivity index (χ4n) is 2.25. The van der Waals surface area contributed by atoms with E-state index in [-0.39, 0.29) is 0 Å². The van der Waals surface area contributed by atoms with Crippen LogP contribution in [0.4, 0.5) is 5.95 Å². The van der Waals surface area contributed by atoms with Crippen molar-refractivity contribution in [1.29, 1.82) is 0 Å². The Bertz CT molecular complexity index is 645. The Balaban J connectivity index is 1.89. The zero-order valence-corrected chi connectivity index (χ0v) is 11.8. The molecular formula is C16H16ClN3. The molecule has 0 spiro atoms. The lowest BCUT2D eigenvalue weighted by Gasteiger charge is -2.20. The van der Waals surface area contributed by atoms with Crippen LogP contribution in [0.1, 0.15) is 5.56 Å². The molecule has 0 saturated carbocycles. The Labute approximate surface area is 123 Å². The van der Waals surface area contributed by atoms with Crippen LogP contribution in [0.5, 0.6) is 0 Å². The number of fused-ring (bicyclic) bond motifs is 1. The Morgan fingerprint density at radius 2 is 1.75 bits per heavy atom. The third-order valence-corrected chi connectivity index (χ3v) is 3.42. The maximum absolute atomic E-state index is 5.93. The molecule has 4 heteroatoms. The summed E-state index contributed by atoms with van der Waals surface area (Å²) in [7, 11) is 0. The number of imidazole rings is 1. The van der Waals surface area contributed by atoms with Crippen LogP contribution in [0.2, 0.25) is 0 Å². The molecule has 3 aromatic rings. The topological polar surface area (TPSA) is 31.9 Å². The van der Waals surface area contributed by atoms with Gasteiger partial charge < -0.3 is 9.88 Å². The molecule has 0 radical (unpaired) electrons. The van der Waals surface area contributed by atoms with Crippen LogP contribution in [0.15, 0.2) is 54.6 Å². The fraction of sp³-hybridized carbons (Fsp3) is 0.188. The maximum atomic E-state index is 5.93. The summed E-state index contributed by atoms with van der Waals surface area (Å²) < 4.78 is 0. The summed E-state index contributed by atoms with van der Waals surface area (Å²) in [5.74, 6) is 1.44. The summed E-state index contributed by atoms with van der Waals surface area (Å²) in [4.78, 5) is 10.2. The van der Waals surface area contributed by atoms with Gasteiger partial charge in [-0.2, -0.15) is 0 Å². The van der Waals surface area contributed by atoms with E-state index in [2.05, 4.69) is 27.0 Å². The number of para-hydroxylation sites is 2. The number of rotatable bonds is 5. The molecule has 2 aromatic carbocycles. The second-order valence-electron chi connectivity index (χ2n) is 4.67. The summed E-state index contributed by atoms with van der Waals surface area (Å²) in [6.45, 7) is 1.56. The summed E-state index contributed by atoms with van der Waals surface area (Å²) in [6.07, 6.45) is 0. The van der Waals surface area contributed by atoms with E-state index in [1.165, 1.54) is 5.56 Å². The first-order valence-electron chi connectivity index (χ1n) is 6.66. The maximum Gasteiger partial charge on any atom is 0.204 e. The third-order valence-electron chi connectivity index (χ3n) is 3.25. The van der Waals surface area contributed by atoms with Gasteiger partial charge in [0.05, 0.1) is 11.0 Å². The first-order chi connectivity index (χ1) is 9.86. The van der Waals surface area contributed by atoms with Gasteiger partial charge >= 0.3 is 0 Å². The number of hydrogen-bond acceptors (Lipinski definition) is 2. The van der Waals surface area contributed by atoms with E-state index in [0.717, 1.165) is 30.1 Å². The van der Waals surface area contributed by atoms with Crippen molar-refractivity contribution in [2.45, 2.75) is 6.54 Å². The summed E-state index contributed by atoms with van der Waals surface area (Å²) in [6, 6.07) is 18.4. The van der Waals surface area contributed by atoms with Crippen molar-refractivity contribution < 1.29 is 0 Å². The minimum atomic E-state index is 0.573. The highest BCUT2D eigenvalue weighted by Gasteiger charge is 2.11. The van der Waals surface area contributed by atoms with Gasteiger partial charge in [-0.25, -0.2) is 4.98 Å². The van der Waals surface area contributed by atoms with Crippen molar-refractivity contribution in [2.24, 2.45) is 0 Å². The van der Waals surface area contributed by atoms with Crippen molar-refractivity contribution >= 4 is 28.6 Å². The van der Waals surface area contributed by atoms with Gasteiger partial charge in [-0.3, -0.25) is 0 Å². The standard InChI is InChI=1S/C16H16ClN3/c17-10-11-20(12-13-6-2-1-3-7-13)16-18-14-8-4-5-9-15(14)19-16/h1-9H,10-12H2,(H,18,19). The molecule has 102 valence electrons. The van der Waals surface area contributed by atoms with E-state index in [9.17, 15) is 0 Å². The molecule has 1 heterocycles. The van der Waals surface area contributed by atoms with E-state index in [1.807, 2.05) is 42.5 Å². The zero-order valence-electron chi connectivity index (χ0n) is 11.1. The van der Waals surface area contributed by atoms with Crippen LogP contribution in [0.25, 0.3) is 11.0 Å². The largest absolute Gasteiger partial charge is 0.337 e. The number of alkyl halides is 1. The number of benzene rings is 2. The molecule has 20 heavy (non-hydrogen) atoms. The molecule has 0 bridgehead atoms. The Morgan fingerprint density at radius 3 is 2.50 bits per heavy atom. The van der Waals surface area contributed by atoms with Gasteiger partial charge in [0, 0.05) is 19.0 Å². The molecule has 0 unspecified atom stereocenters. The number of nitrogens with one attached hydrogen (secondary N) is 1. The van der Waals surface area contributed by atoms with Gasteiger partial charge in [0.15, 0.2) is 0 Å². The molecule has 3 rings (SSSR count). The number of H-pyrrole nitrogens is 1. The van der Waals surface area contributed by atoms with Gasteiger partial charge in [0.1, 0.15) is 0 Å². The summed E-state index contributed by atoms with van der Waals surface area (Å²) in [5, 5.41) is 0. The fourth-order valence-corrected chi connectivity index (χ4v) is 2.46. The average molecular weight is 286 g/mol. The molecule has 1 N–H and O–H groups in total. The molecule has 1 aromatic heterocycles. The Hall–Kier alpha value is -2.00. The Kier molecular flexibility index (Phi) is 3.88. The summed E-state index contributed by atoms with van der Waals surface area (Å²) >= 11 is 5.93. The number of halogens is 1. The molecule has 0 aliphatic rings. The van der Waals surface area contributed by atoms with Crippen molar-refractivity contribution in [2.75, 3.05) is 17.3 Å². The van der Waals surface area contributed by atoms with E-state index >= 15 is 0 Å². The van der Waals surface area contributed by atoms with Crippen LogP contribution < -0.4 is 4.90 Å². The van der Waals surface area contributed by atoms with Crippen molar-refractivity contribution in [3.8, 4) is 0 Å². The molecule has 0 saturated heterocycles. The van der Waals surface area contributed by atoms with Crippen LogP contribution in [0.3, 0.4) is 0 Å². The monoisotopic (exact) mass is 285 g/mol. The quantitative estimate of drug-likeness (QED) is 0.723. The average Bonchev–Trinajstić information content (AvgIpc) is 2.92. The van der Waals surface area contributed by atoms with E-state index in [0.29, 0.717) is 5.88 Å². The second kappa shape index (κ2) is 5.97. The number of hydrogen-bond donors (Lipinski definition) is 1. The van der Waals surface area contributed by atoms with Gasteiger partial charge in [0.2, 0.25) is 5.95 Å². The molecule has 3 nitrogen and oxygen atoms in total. The predicted octanol–water partition coefficient (Wildman–Crippen LogP) is 3.81. The van der Waals surface area contributed by atoms with Gasteiger partial charge in [0.25, 0.3) is 0 Å². The zero-order chi connectivity index (χ0) is 13.8. The Morgan fingerprint density at radius 1 is 1.00 bits per heavy atom. The molecule has 0 aliphatic carbocycles.